The van der Waals surface area contributed by atoms with Gasteiger partial charge in [-0.3, -0.25) is 14.4 Å². The van der Waals surface area contributed by atoms with Crippen LogP contribution in [-0.4, -0.2) is 47.9 Å². The number of carbonyl (C=O) groups excluding carboxylic acids is 3. The average Bonchev–Trinajstić information content (AvgIpc) is 2.86. The number of aliphatic hydroxyl groups excluding tert-OH is 1. The van der Waals surface area contributed by atoms with Crippen molar-refractivity contribution in [3.05, 3.63) is 41.2 Å². The van der Waals surface area contributed by atoms with Crippen LogP contribution in [-0.2, 0) is 19.1 Å². The standard InChI is InChI=1S/C20H25NO6/c1-12(2)18(23)16-17(14-6-8-15(9-7-14)27-13(3)22)21(10-5-11-26-4)20(25)19(16)24/h6-9,12,17,24H,5,10-11H2,1-4H3. The molecule has 1 aliphatic rings. The molecule has 0 radical (unpaired) electrons. The van der Waals surface area contributed by atoms with Crippen molar-refractivity contribution in [1.29, 1.82) is 0 Å². The van der Waals surface area contributed by atoms with Crippen molar-refractivity contribution in [2.75, 3.05) is 20.3 Å². The van der Waals surface area contributed by atoms with Crippen molar-refractivity contribution in [3.63, 3.8) is 0 Å². The number of nitrogens with zero attached hydrogens (tertiary/aromatic N) is 1. The molecule has 0 aliphatic carbocycles. The van der Waals surface area contributed by atoms with Crippen molar-refractivity contribution < 1.29 is 29.0 Å². The molecule has 1 unspecified atom stereocenters. The van der Waals surface area contributed by atoms with Crippen molar-refractivity contribution in [3.8, 4) is 5.75 Å². The molecule has 1 N–H and O–H groups in total. The highest BCUT2D eigenvalue weighted by atomic mass is 16.5. The highest BCUT2D eigenvalue weighted by molar-refractivity contribution is 6.09. The first-order chi connectivity index (χ1) is 12.8. The van der Waals surface area contributed by atoms with Gasteiger partial charge >= 0.3 is 5.97 Å². The summed E-state index contributed by atoms with van der Waals surface area (Å²) in [6.45, 7) is 5.54. The van der Waals surface area contributed by atoms with Gasteiger partial charge in [0.25, 0.3) is 5.91 Å². The third-order valence-corrected chi connectivity index (χ3v) is 4.30. The van der Waals surface area contributed by atoms with Crippen molar-refractivity contribution in [2.45, 2.75) is 33.2 Å². The van der Waals surface area contributed by atoms with Crippen LogP contribution in [0.3, 0.4) is 0 Å². The van der Waals surface area contributed by atoms with Gasteiger partial charge < -0.3 is 19.5 Å². The van der Waals surface area contributed by atoms with Gasteiger partial charge in [0.15, 0.2) is 11.5 Å². The third-order valence-electron chi connectivity index (χ3n) is 4.30. The lowest BCUT2D eigenvalue weighted by atomic mass is 9.91. The number of hydrogen-bond acceptors (Lipinski definition) is 6. The summed E-state index contributed by atoms with van der Waals surface area (Å²) in [5.41, 5.74) is 0.761. The molecule has 1 amide bonds. The maximum atomic E-state index is 12.7. The predicted molar refractivity (Wildman–Crippen MR) is 98.2 cm³/mol. The van der Waals surface area contributed by atoms with Crippen LogP contribution >= 0.6 is 0 Å². The SMILES string of the molecule is COCCCN1C(=O)C(O)=C(C(=O)C(C)C)C1c1ccc(OC(C)=O)cc1. The summed E-state index contributed by atoms with van der Waals surface area (Å²) in [5, 5.41) is 10.4. The van der Waals surface area contributed by atoms with E-state index in [4.69, 9.17) is 9.47 Å². The first-order valence-corrected chi connectivity index (χ1v) is 8.83. The van der Waals surface area contributed by atoms with E-state index in [0.717, 1.165) is 0 Å². The second-order valence-electron chi connectivity index (χ2n) is 6.69. The Kier molecular flexibility index (Phi) is 6.74. The normalized spacial score (nSPS) is 17.0. The van der Waals surface area contributed by atoms with E-state index in [9.17, 15) is 19.5 Å². The van der Waals surface area contributed by atoms with Gasteiger partial charge in [-0.15, -0.1) is 0 Å². The van der Waals surface area contributed by atoms with Gasteiger partial charge in [-0.25, -0.2) is 0 Å². The monoisotopic (exact) mass is 375 g/mol. The number of Topliss-reactive ketones (excluding diaryl/α,β-unsaturated/α-hetero) is 1. The molecule has 7 nitrogen and oxygen atoms in total. The van der Waals surface area contributed by atoms with E-state index in [-0.39, 0.29) is 17.3 Å². The lowest BCUT2D eigenvalue weighted by Crippen LogP contribution is -2.33. The molecule has 146 valence electrons. The molecule has 0 aromatic heterocycles. The van der Waals surface area contributed by atoms with Gasteiger partial charge in [0.1, 0.15) is 5.75 Å². The van der Waals surface area contributed by atoms with E-state index in [2.05, 4.69) is 0 Å². The molecule has 1 aromatic carbocycles. The van der Waals surface area contributed by atoms with Gasteiger partial charge in [0, 0.05) is 33.1 Å². The molecule has 1 aromatic rings. The Bertz CT molecular complexity index is 750. The molecule has 0 fully saturated rings. The number of ketones is 1. The summed E-state index contributed by atoms with van der Waals surface area (Å²) in [4.78, 5) is 37.8. The zero-order chi connectivity index (χ0) is 20.1. The van der Waals surface area contributed by atoms with Gasteiger partial charge in [-0.1, -0.05) is 26.0 Å². The number of methoxy groups -OCH3 is 1. The zero-order valence-electron chi connectivity index (χ0n) is 16.0. The van der Waals surface area contributed by atoms with Crippen LogP contribution < -0.4 is 4.74 Å². The fourth-order valence-corrected chi connectivity index (χ4v) is 3.06. The number of amides is 1. The molecule has 1 heterocycles. The number of aliphatic hydroxyl groups is 1. The summed E-state index contributed by atoms with van der Waals surface area (Å²) >= 11 is 0. The van der Waals surface area contributed by atoms with Crippen LogP contribution in [0, 0.1) is 5.92 Å². The average molecular weight is 375 g/mol. The minimum atomic E-state index is -0.685. The fourth-order valence-electron chi connectivity index (χ4n) is 3.06. The second-order valence-corrected chi connectivity index (χ2v) is 6.69. The van der Waals surface area contributed by atoms with E-state index < -0.39 is 23.7 Å². The maximum Gasteiger partial charge on any atom is 0.308 e. The Hall–Kier alpha value is -2.67. The van der Waals surface area contributed by atoms with E-state index in [0.29, 0.717) is 30.9 Å². The molecule has 0 spiro atoms. The first kappa shape index (κ1) is 20.6. The summed E-state index contributed by atoms with van der Waals surface area (Å²) in [6.07, 6.45) is 0.570. The predicted octanol–water partition coefficient (Wildman–Crippen LogP) is 2.57. The molecule has 0 saturated heterocycles. The van der Waals surface area contributed by atoms with E-state index in [1.165, 1.54) is 11.8 Å². The highest BCUT2D eigenvalue weighted by Crippen LogP contribution is 2.39. The topological polar surface area (TPSA) is 93.1 Å². The molecule has 1 aliphatic heterocycles. The molecule has 1 atom stereocenters. The smallest absolute Gasteiger partial charge is 0.308 e. The van der Waals surface area contributed by atoms with Crippen molar-refractivity contribution >= 4 is 17.7 Å². The van der Waals surface area contributed by atoms with Crippen LogP contribution in [0.25, 0.3) is 0 Å². The Morgan fingerprint density at radius 2 is 1.85 bits per heavy atom. The van der Waals surface area contributed by atoms with Crippen LogP contribution in [0.1, 0.15) is 38.8 Å². The Balaban J connectivity index is 2.41. The lowest BCUT2D eigenvalue weighted by molar-refractivity contribution is -0.132. The number of carbonyl (C=O) groups is 3. The Labute approximate surface area is 158 Å². The van der Waals surface area contributed by atoms with Gasteiger partial charge in [-0.05, 0) is 24.1 Å². The van der Waals surface area contributed by atoms with Gasteiger partial charge in [0.05, 0.1) is 11.6 Å². The lowest BCUT2D eigenvalue weighted by Gasteiger charge is -2.27. The second kappa shape index (κ2) is 8.81. The van der Waals surface area contributed by atoms with Crippen LogP contribution in [0.5, 0.6) is 5.75 Å². The number of esters is 1. The fraction of sp³-hybridized carbons (Fsp3) is 0.450. The summed E-state index contributed by atoms with van der Waals surface area (Å²) in [5.74, 6) is -1.77. The molecule has 7 heteroatoms. The third kappa shape index (κ3) is 4.54. The Morgan fingerprint density at radius 3 is 2.37 bits per heavy atom. The minimum absolute atomic E-state index is 0.104. The van der Waals surface area contributed by atoms with E-state index >= 15 is 0 Å². The zero-order valence-corrected chi connectivity index (χ0v) is 16.0. The van der Waals surface area contributed by atoms with E-state index in [1.54, 1.807) is 45.2 Å². The first-order valence-electron chi connectivity index (χ1n) is 8.83. The highest BCUT2D eigenvalue weighted by Gasteiger charge is 2.43. The summed E-state index contributed by atoms with van der Waals surface area (Å²) < 4.78 is 10.1. The molecule has 0 saturated carbocycles. The van der Waals surface area contributed by atoms with Gasteiger partial charge in [-0.2, -0.15) is 0 Å². The van der Waals surface area contributed by atoms with Crippen LogP contribution in [0.15, 0.2) is 35.6 Å². The number of ether oxygens (including phenoxy) is 2. The maximum absolute atomic E-state index is 12.7. The van der Waals surface area contributed by atoms with Gasteiger partial charge in [0.2, 0.25) is 0 Å². The van der Waals surface area contributed by atoms with Crippen LogP contribution in [0.4, 0.5) is 0 Å². The molecule has 0 bridgehead atoms. The van der Waals surface area contributed by atoms with E-state index in [1.807, 2.05) is 0 Å². The Morgan fingerprint density at radius 1 is 1.22 bits per heavy atom. The summed E-state index contributed by atoms with van der Waals surface area (Å²) in [7, 11) is 1.57. The quantitative estimate of drug-likeness (QED) is 0.426. The van der Waals surface area contributed by atoms with Crippen molar-refractivity contribution in [2.24, 2.45) is 5.92 Å². The number of rotatable bonds is 8. The molecular formula is C20H25NO6. The summed E-state index contributed by atoms with van der Waals surface area (Å²) in [6, 6.07) is 5.89. The largest absolute Gasteiger partial charge is 0.503 e. The molecule has 27 heavy (non-hydrogen) atoms. The van der Waals surface area contributed by atoms with Crippen LogP contribution in [0.2, 0.25) is 0 Å². The minimum Gasteiger partial charge on any atom is -0.503 e. The molecular weight excluding hydrogens is 350 g/mol. The van der Waals surface area contributed by atoms with Crippen molar-refractivity contribution in [1.82, 2.24) is 4.90 Å². The molecule has 2 rings (SSSR count). The number of hydrogen-bond donors (Lipinski definition) is 1. The number of benzene rings is 1.